The normalized spacial score (nSPS) is 12.9. The molecular formula is C10H16N4. The van der Waals surface area contributed by atoms with Gasteiger partial charge in [0, 0.05) is 6.54 Å². The third kappa shape index (κ3) is 1.84. The van der Waals surface area contributed by atoms with Crippen molar-refractivity contribution in [3.05, 3.63) is 18.0 Å². The number of nitrogens with one attached hydrogen (secondary N) is 1. The molecule has 3 N–H and O–H groups in total. The Morgan fingerprint density at radius 1 is 1.36 bits per heavy atom. The zero-order valence-electron chi connectivity index (χ0n) is 8.83. The molecule has 0 saturated carbocycles. The van der Waals surface area contributed by atoms with Crippen molar-refractivity contribution in [3.63, 3.8) is 0 Å². The maximum absolute atomic E-state index is 5.70. The highest BCUT2D eigenvalue weighted by molar-refractivity contribution is 5.81. The van der Waals surface area contributed by atoms with E-state index < -0.39 is 0 Å². The van der Waals surface area contributed by atoms with Gasteiger partial charge in [0.1, 0.15) is 18.0 Å². The van der Waals surface area contributed by atoms with Crippen LogP contribution in [-0.4, -0.2) is 16.5 Å². The van der Waals surface area contributed by atoms with Gasteiger partial charge < -0.3 is 11.1 Å². The van der Waals surface area contributed by atoms with Crippen LogP contribution in [0.5, 0.6) is 0 Å². The Bertz CT molecular complexity index is 344. The van der Waals surface area contributed by atoms with E-state index in [-0.39, 0.29) is 0 Å². The second kappa shape index (κ2) is 4.60. The highest BCUT2D eigenvalue weighted by Gasteiger charge is 2.13. The number of hydrogen-bond donors (Lipinski definition) is 2. The van der Waals surface area contributed by atoms with Crippen molar-refractivity contribution in [3.8, 4) is 0 Å². The van der Waals surface area contributed by atoms with Crippen molar-refractivity contribution in [1.82, 2.24) is 9.97 Å². The van der Waals surface area contributed by atoms with Gasteiger partial charge in [-0.1, -0.05) is 19.9 Å². The summed E-state index contributed by atoms with van der Waals surface area (Å²) in [5.74, 6) is 1.38. The minimum absolute atomic E-state index is 0.543. The summed E-state index contributed by atoms with van der Waals surface area (Å²) >= 11 is 0. The molecule has 0 atom stereocenters. The van der Waals surface area contributed by atoms with Crippen molar-refractivity contribution < 1.29 is 0 Å². The van der Waals surface area contributed by atoms with Crippen molar-refractivity contribution >= 4 is 17.2 Å². The lowest BCUT2D eigenvalue weighted by atomic mass is 10.1. The molecule has 1 aliphatic rings. The zero-order chi connectivity index (χ0) is 10.6. The smallest absolute Gasteiger partial charge is 0.139 e. The Hall–Kier alpha value is -1.58. The van der Waals surface area contributed by atoms with Crippen molar-refractivity contribution in [2.45, 2.75) is 20.8 Å². The molecule has 0 unspecified atom stereocenters. The van der Waals surface area contributed by atoms with E-state index in [0.717, 1.165) is 23.5 Å². The second-order valence-electron chi connectivity index (χ2n) is 2.75. The van der Waals surface area contributed by atoms with Crippen LogP contribution >= 0.6 is 0 Å². The van der Waals surface area contributed by atoms with Crippen molar-refractivity contribution in [2.24, 2.45) is 0 Å². The molecule has 4 nitrogen and oxygen atoms in total. The van der Waals surface area contributed by atoms with Gasteiger partial charge in [-0.2, -0.15) is 0 Å². The fourth-order valence-corrected chi connectivity index (χ4v) is 1.32. The molecule has 0 aliphatic carbocycles. The van der Waals surface area contributed by atoms with Crippen LogP contribution in [0.2, 0.25) is 0 Å². The van der Waals surface area contributed by atoms with Gasteiger partial charge in [0.2, 0.25) is 0 Å². The van der Waals surface area contributed by atoms with Crippen LogP contribution in [0.25, 0.3) is 5.57 Å². The topological polar surface area (TPSA) is 63.8 Å². The SMILES string of the molecule is CC.CC1=CCNc2ncnc(N)c21. The van der Waals surface area contributed by atoms with Crippen molar-refractivity contribution in [2.75, 3.05) is 17.6 Å². The van der Waals surface area contributed by atoms with Gasteiger partial charge in [-0.3, -0.25) is 0 Å². The van der Waals surface area contributed by atoms with E-state index in [1.54, 1.807) is 0 Å². The van der Waals surface area contributed by atoms with Crippen LogP contribution < -0.4 is 11.1 Å². The lowest BCUT2D eigenvalue weighted by Crippen LogP contribution is -2.11. The Morgan fingerprint density at radius 3 is 2.71 bits per heavy atom. The number of allylic oxidation sites excluding steroid dienone is 1. The molecular weight excluding hydrogens is 176 g/mol. The van der Waals surface area contributed by atoms with E-state index in [9.17, 15) is 0 Å². The molecule has 0 spiro atoms. The average Bonchev–Trinajstić information content (AvgIpc) is 2.21. The number of hydrogen-bond acceptors (Lipinski definition) is 4. The Balaban J connectivity index is 0.000000461. The molecule has 0 radical (unpaired) electrons. The maximum atomic E-state index is 5.70. The summed E-state index contributed by atoms with van der Waals surface area (Å²) in [6.07, 6.45) is 3.54. The standard InChI is InChI=1S/C8H10N4.C2H6/c1-5-2-3-10-8-6(5)7(9)11-4-12-8;1-2/h2,4H,3H2,1H3,(H3,9,10,11,12);1-2H3. The average molecular weight is 192 g/mol. The minimum Gasteiger partial charge on any atom is -0.383 e. The molecule has 1 aromatic heterocycles. The predicted molar refractivity (Wildman–Crippen MR) is 59.9 cm³/mol. The first kappa shape index (κ1) is 10.5. The van der Waals surface area contributed by atoms with Crippen LogP contribution in [0.1, 0.15) is 26.3 Å². The molecule has 0 saturated heterocycles. The predicted octanol–water partition coefficient (Wildman–Crippen LogP) is 1.91. The first-order valence-corrected chi connectivity index (χ1v) is 4.80. The molecule has 0 bridgehead atoms. The fourth-order valence-electron chi connectivity index (χ4n) is 1.32. The second-order valence-corrected chi connectivity index (χ2v) is 2.75. The molecule has 76 valence electrons. The summed E-state index contributed by atoms with van der Waals surface area (Å²) in [5.41, 5.74) is 7.77. The summed E-state index contributed by atoms with van der Waals surface area (Å²) in [6.45, 7) is 6.83. The van der Waals surface area contributed by atoms with Crippen LogP contribution in [0, 0.1) is 0 Å². The molecule has 2 rings (SSSR count). The minimum atomic E-state index is 0.543. The maximum Gasteiger partial charge on any atom is 0.139 e. The van der Waals surface area contributed by atoms with Crippen LogP contribution in [-0.2, 0) is 0 Å². The number of nitrogen functional groups attached to an aromatic ring is 1. The number of anilines is 2. The van der Waals surface area contributed by atoms with Crippen LogP contribution in [0.15, 0.2) is 12.4 Å². The van der Waals surface area contributed by atoms with Gasteiger partial charge in [-0.15, -0.1) is 0 Å². The molecule has 1 aliphatic heterocycles. The van der Waals surface area contributed by atoms with Crippen LogP contribution in [0.3, 0.4) is 0 Å². The third-order valence-corrected chi connectivity index (χ3v) is 1.95. The van der Waals surface area contributed by atoms with E-state index in [0.29, 0.717) is 5.82 Å². The van der Waals surface area contributed by atoms with E-state index in [2.05, 4.69) is 21.4 Å². The van der Waals surface area contributed by atoms with Gasteiger partial charge in [0.25, 0.3) is 0 Å². The highest BCUT2D eigenvalue weighted by Crippen LogP contribution is 2.28. The largest absolute Gasteiger partial charge is 0.383 e. The van der Waals surface area contributed by atoms with E-state index in [1.165, 1.54) is 6.33 Å². The summed E-state index contributed by atoms with van der Waals surface area (Å²) in [6, 6.07) is 0. The van der Waals surface area contributed by atoms with Crippen LogP contribution in [0.4, 0.5) is 11.6 Å². The third-order valence-electron chi connectivity index (χ3n) is 1.95. The first-order chi connectivity index (χ1) is 6.79. The lowest BCUT2D eigenvalue weighted by Gasteiger charge is -2.16. The van der Waals surface area contributed by atoms with Gasteiger partial charge in [-0.05, 0) is 12.5 Å². The zero-order valence-corrected chi connectivity index (χ0v) is 8.83. The van der Waals surface area contributed by atoms with Gasteiger partial charge in [0.05, 0.1) is 5.56 Å². The van der Waals surface area contributed by atoms with Gasteiger partial charge in [-0.25, -0.2) is 9.97 Å². The fraction of sp³-hybridized carbons (Fsp3) is 0.400. The Kier molecular flexibility index (Phi) is 3.45. The molecule has 0 fully saturated rings. The molecule has 0 aromatic carbocycles. The monoisotopic (exact) mass is 192 g/mol. The Labute approximate surface area is 84.3 Å². The Morgan fingerprint density at radius 2 is 2.07 bits per heavy atom. The number of nitrogens with zero attached hydrogens (tertiary/aromatic N) is 2. The van der Waals surface area contributed by atoms with Gasteiger partial charge >= 0.3 is 0 Å². The van der Waals surface area contributed by atoms with E-state index >= 15 is 0 Å². The van der Waals surface area contributed by atoms with E-state index in [4.69, 9.17) is 5.73 Å². The number of fused-ring (bicyclic) bond motifs is 1. The molecule has 4 heteroatoms. The number of nitrogens with two attached hydrogens (primary N) is 1. The molecule has 14 heavy (non-hydrogen) atoms. The van der Waals surface area contributed by atoms with Crippen molar-refractivity contribution in [1.29, 1.82) is 0 Å². The summed E-state index contributed by atoms with van der Waals surface area (Å²) in [7, 11) is 0. The number of rotatable bonds is 0. The number of aromatic nitrogens is 2. The lowest BCUT2D eigenvalue weighted by molar-refractivity contribution is 1.12. The van der Waals surface area contributed by atoms with E-state index in [1.807, 2.05) is 20.8 Å². The molecule has 1 aromatic rings. The summed E-state index contributed by atoms with van der Waals surface area (Å²) in [5, 5.41) is 3.13. The quantitative estimate of drug-likeness (QED) is 0.659. The summed E-state index contributed by atoms with van der Waals surface area (Å²) < 4.78 is 0. The molecule has 0 amide bonds. The summed E-state index contributed by atoms with van der Waals surface area (Å²) in [4.78, 5) is 8.02. The first-order valence-electron chi connectivity index (χ1n) is 4.80. The van der Waals surface area contributed by atoms with Gasteiger partial charge in [0.15, 0.2) is 0 Å². The highest BCUT2D eigenvalue weighted by atomic mass is 15.0. The molecule has 2 heterocycles.